The smallest absolute Gasteiger partial charge is 0.417 e. The molecule has 1 aromatic carbocycles. The van der Waals surface area contributed by atoms with Gasteiger partial charge < -0.3 is 24.2 Å². The standard InChI is InChI=1S/C30H31F3N6O5/c31-30(32,33)23-6-8-26(34-18-23)36-11-13-37(14-12-36)27(40)10-16-43-17-15-38-25-19-35-39(29(42)24(25)7-9-28(38)41)21-44-20-22-4-2-1-3-5-22/h1-6,8,10,16,18-19H,7,9,11-15,17,20-21H2/b16-10+. The van der Waals surface area contributed by atoms with Gasteiger partial charge in [0.05, 0.1) is 36.9 Å². The molecular formula is C30H31F3N6O5. The van der Waals surface area contributed by atoms with E-state index in [4.69, 9.17) is 9.47 Å². The van der Waals surface area contributed by atoms with Crippen LogP contribution in [-0.4, -0.2) is 70.8 Å². The van der Waals surface area contributed by atoms with Crippen LogP contribution >= 0.6 is 0 Å². The highest BCUT2D eigenvalue weighted by Gasteiger charge is 2.31. The van der Waals surface area contributed by atoms with Gasteiger partial charge in [-0.2, -0.15) is 18.3 Å². The van der Waals surface area contributed by atoms with E-state index in [0.717, 1.165) is 17.8 Å². The van der Waals surface area contributed by atoms with E-state index in [1.165, 1.54) is 34.2 Å². The molecule has 4 heterocycles. The van der Waals surface area contributed by atoms with Crippen LogP contribution in [0, 0.1) is 0 Å². The number of carbonyl (C=O) groups is 2. The summed E-state index contributed by atoms with van der Waals surface area (Å²) in [6.45, 7) is 2.15. The van der Waals surface area contributed by atoms with E-state index in [-0.39, 0.29) is 43.7 Å². The fraction of sp³-hybridized carbons (Fsp3) is 0.367. The first kappa shape index (κ1) is 30.7. The van der Waals surface area contributed by atoms with Crippen molar-refractivity contribution in [2.75, 3.05) is 49.1 Å². The van der Waals surface area contributed by atoms with Crippen LogP contribution < -0.4 is 15.4 Å². The van der Waals surface area contributed by atoms with Crippen molar-refractivity contribution in [3.8, 4) is 0 Å². The molecule has 2 amide bonds. The maximum atomic E-state index is 13.0. The van der Waals surface area contributed by atoms with E-state index in [1.807, 2.05) is 35.2 Å². The fourth-order valence-electron chi connectivity index (χ4n) is 4.97. The molecule has 0 N–H and O–H groups in total. The van der Waals surface area contributed by atoms with Crippen molar-refractivity contribution in [3.05, 3.63) is 94.2 Å². The van der Waals surface area contributed by atoms with Crippen molar-refractivity contribution >= 4 is 23.3 Å². The first-order valence-electron chi connectivity index (χ1n) is 14.1. The number of anilines is 2. The Morgan fingerprint density at radius 3 is 2.45 bits per heavy atom. The lowest BCUT2D eigenvalue weighted by molar-refractivity contribution is -0.137. The van der Waals surface area contributed by atoms with Gasteiger partial charge in [-0.25, -0.2) is 9.67 Å². The number of hydrogen-bond donors (Lipinski definition) is 0. The van der Waals surface area contributed by atoms with E-state index < -0.39 is 11.7 Å². The summed E-state index contributed by atoms with van der Waals surface area (Å²) in [6, 6.07) is 11.9. The van der Waals surface area contributed by atoms with Gasteiger partial charge in [0.1, 0.15) is 19.2 Å². The second-order valence-corrected chi connectivity index (χ2v) is 10.2. The Morgan fingerprint density at radius 1 is 0.977 bits per heavy atom. The number of halogens is 3. The van der Waals surface area contributed by atoms with E-state index in [1.54, 1.807) is 4.90 Å². The van der Waals surface area contributed by atoms with Gasteiger partial charge in [-0.05, 0) is 24.1 Å². The molecule has 0 saturated carbocycles. The lowest BCUT2D eigenvalue weighted by Gasteiger charge is -2.35. The van der Waals surface area contributed by atoms with Gasteiger partial charge in [0, 0.05) is 50.4 Å². The van der Waals surface area contributed by atoms with Crippen molar-refractivity contribution in [1.82, 2.24) is 19.7 Å². The third-order valence-electron chi connectivity index (χ3n) is 7.36. The van der Waals surface area contributed by atoms with Crippen LogP contribution in [0.1, 0.15) is 23.1 Å². The van der Waals surface area contributed by atoms with E-state index in [0.29, 0.717) is 56.3 Å². The molecule has 1 saturated heterocycles. The molecule has 11 nitrogen and oxygen atoms in total. The summed E-state index contributed by atoms with van der Waals surface area (Å²) in [5.41, 5.74) is 0.777. The predicted molar refractivity (Wildman–Crippen MR) is 154 cm³/mol. The number of aromatic nitrogens is 3. The summed E-state index contributed by atoms with van der Waals surface area (Å²) in [5.74, 6) is -0.00665. The molecule has 2 aliphatic rings. The molecule has 0 radical (unpaired) electrons. The average Bonchev–Trinajstić information content (AvgIpc) is 3.03. The highest BCUT2D eigenvalue weighted by atomic mass is 19.4. The van der Waals surface area contributed by atoms with Crippen LogP contribution in [0.2, 0.25) is 0 Å². The molecule has 0 unspecified atom stereocenters. The summed E-state index contributed by atoms with van der Waals surface area (Å²) >= 11 is 0. The molecular weight excluding hydrogens is 581 g/mol. The Bertz CT molecular complexity index is 1540. The van der Waals surface area contributed by atoms with Crippen LogP contribution in [0.3, 0.4) is 0 Å². The maximum absolute atomic E-state index is 13.0. The first-order valence-corrected chi connectivity index (χ1v) is 14.1. The molecule has 5 rings (SSSR count). The summed E-state index contributed by atoms with van der Waals surface area (Å²) < 4.78 is 50.7. The summed E-state index contributed by atoms with van der Waals surface area (Å²) in [7, 11) is 0. The molecule has 2 aliphatic heterocycles. The highest BCUT2D eigenvalue weighted by molar-refractivity contribution is 5.96. The van der Waals surface area contributed by atoms with Gasteiger partial charge in [0.15, 0.2) is 0 Å². The number of alkyl halides is 3. The number of fused-ring (bicyclic) bond motifs is 1. The second-order valence-electron chi connectivity index (χ2n) is 10.2. The van der Waals surface area contributed by atoms with Crippen LogP contribution in [-0.2, 0) is 45.0 Å². The average molecular weight is 613 g/mol. The number of rotatable bonds is 10. The molecule has 0 aliphatic carbocycles. The Labute approximate surface area is 251 Å². The molecule has 44 heavy (non-hydrogen) atoms. The summed E-state index contributed by atoms with van der Waals surface area (Å²) in [4.78, 5) is 47.0. The minimum absolute atomic E-state index is 0.0160. The van der Waals surface area contributed by atoms with Crippen LogP contribution in [0.5, 0.6) is 0 Å². The van der Waals surface area contributed by atoms with Crippen molar-refractivity contribution in [2.45, 2.75) is 32.4 Å². The van der Waals surface area contributed by atoms with Crippen LogP contribution in [0.4, 0.5) is 24.7 Å². The van der Waals surface area contributed by atoms with Crippen LogP contribution in [0.15, 0.2) is 72.0 Å². The Morgan fingerprint density at radius 2 is 1.75 bits per heavy atom. The third-order valence-corrected chi connectivity index (χ3v) is 7.36. The zero-order chi connectivity index (χ0) is 31.1. The monoisotopic (exact) mass is 612 g/mol. The minimum atomic E-state index is -4.45. The maximum Gasteiger partial charge on any atom is 0.417 e. The number of ether oxygens (including phenoxy) is 2. The Balaban J connectivity index is 1.07. The minimum Gasteiger partial charge on any atom is -0.499 e. The van der Waals surface area contributed by atoms with E-state index in [2.05, 4.69) is 10.1 Å². The lowest BCUT2D eigenvalue weighted by Crippen LogP contribution is -2.48. The number of piperazine rings is 1. The number of pyridine rings is 1. The molecule has 0 spiro atoms. The van der Waals surface area contributed by atoms with Gasteiger partial charge in [-0.15, -0.1) is 0 Å². The first-order chi connectivity index (χ1) is 21.2. The zero-order valence-electron chi connectivity index (χ0n) is 23.8. The number of nitrogens with zero attached hydrogens (tertiary/aromatic N) is 6. The topological polar surface area (TPSA) is 110 Å². The number of amides is 2. The van der Waals surface area contributed by atoms with E-state index in [9.17, 15) is 27.6 Å². The molecule has 2 aromatic heterocycles. The molecule has 232 valence electrons. The molecule has 0 bridgehead atoms. The number of benzene rings is 1. The van der Waals surface area contributed by atoms with Gasteiger partial charge in [0.25, 0.3) is 5.56 Å². The quantitative estimate of drug-likeness (QED) is 0.195. The van der Waals surface area contributed by atoms with Gasteiger partial charge in [-0.1, -0.05) is 30.3 Å². The van der Waals surface area contributed by atoms with Crippen molar-refractivity contribution in [2.24, 2.45) is 0 Å². The van der Waals surface area contributed by atoms with Gasteiger partial charge >= 0.3 is 6.18 Å². The van der Waals surface area contributed by atoms with Crippen molar-refractivity contribution in [1.29, 1.82) is 0 Å². The summed E-state index contributed by atoms with van der Waals surface area (Å²) in [5, 5.41) is 4.19. The predicted octanol–water partition coefficient (Wildman–Crippen LogP) is 2.99. The number of carbonyl (C=O) groups excluding carboxylic acids is 2. The fourth-order valence-corrected chi connectivity index (χ4v) is 4.97. The van der Waals surface area contributed by atoms with Gasteiger partial charge in [0.2, 0.25) is 11.8 Å². The Kier molecular flexibility index (Phi) is 9.58. The van der Waals surface area contributed by atoms with Crippen molar-refractivity contribution in [3.63, 3.8) is 0 Å². The molecule has 0 atom stereocenters. The Hall–Kier alpha value is -4.72. The third kappa shape index (κ3) is 7.43. The largest absolute Gasteiger partial charge is 0.499 e. The zero-order valence-corrected chi connectivity index (χ0v) is 23.8. The van der Waals surface area contributed by atoms with E-state index >= 15 is 0 Å². The molecule has 3 aromatic rings. The highest BCUT2D eigenvalue weighted by Crippen LogP contribution is 2.29. The van der Waals surface area contributed by atoms with Gasteiger partial charge in [-0.3, -0.25) is 14.4 Å². The number of hydrogen-bond acceptors (Lipinski definition) is 8. The van der Waals surface area contributed by atoms with Crippen LogP contribution in [0.25, 0.3) is 0 Å². The SMILES string of the molecule is O=C(/C=C/OCCN1C(=O)CCc2c1cnn(COCc1ccccc1)c2=O)N1CCN(c2ccc(C(F)(F)F)cn2)CC1. The normalized spacial score (nSPS) is 15.5. The molecule has 14 heteroatoms. The lowest BCUT2D eigenvalue weighted by atomic mass is 10.0. The second kappa shape index (κ2) is 13.7. The van der Waals surface area contributed by atoms with Crippen molar-refractivity contribution < 1.29 is 32.2 Å². The summed E-state index contributed by atoms with van der Waals surface area (Å²) in [6.07, 6.45) is 0.882. The molecule has 1 fully saturated rings.